The van der Waals surface area contributed by atoms with E-state index in [0.29, 0.717) is 17.1 Å². The molecule has 0 saturated carbocycles. The summed E-state index contributed by atoms with van der Waals surface area (Å²) in [7, 11) is -2.79. The Balaban J connectivity index is 1.96. The standard InChI is InChI=1S/C26H28O3Si/c1-25(2,3)30(19-13-8-6-9-14-19,20-15-10-7-11-16-20)29-22-18-12-17-21-23(22)28-26(4,5)24(21)27/h6-18H,1-5H3. The second-order valence-corrected chi connectivity index (χ2v) is 13.6. The van der Waals surface area contributed by atoms with E-state index < -0.39 is 13.9 Å². The van der Waals surface area contributed by atoms with E-state index in [9.17, 15) is 4.79 Å². The van der Waals surface area contributed by atoms with Crippen LogP contribution in [-0.4, -0.2) is 19.7 Å². The number of ketones is 1. The lowest BCUT2D eigenvalue weighted by Gasteiger charge is -2.43. The molecule has 1 aliphatic rings. The Morgan fingerprint density at radius 2 is 1.33 bits per heavy atom. The fourth-order valence-corrected chi connectivity index (χ4v) is 8.74. The van der Waals surface area contributed by atoms with Crippen molar-refractivity contribution in [3.63, 3.8) is 0 Å². The fraction of sp³-hybridized carbons (Fsp3) is 0.269. The number of carbonyl (C=O) groups excluding carboxylic acids is 1. The molecule has 0 aromatic heterocycles. The fourth-order valence-electron chi connectivity index (χ4n) is 4.32. The number of fused-ring (bicyclic) bond motifs is 1. The van der Waals surface area contributed by atoms with Crippen molar-refractivity contribution in [2.75, 3.05) is 0 Å². The summed E-state index contributed by atoms with van der Waals surface area (Å²) in [6.45, 7) is 10.3. The minimum absolute atomic E-state index is 0.00889. The van der Waals surface area contributed by atoms with Crippen molar-refractivity contribution in [1.29, 1.82) is 0 Å². The largest absolute Gasteiger partial charge is 0.531 e. The molecule has 3 nitrogen and oxygen atoms in total. The summed E-state index contributed by atoms with van der Waals surface area (Å²) in [6, 6.07) is 26.6. The molecular weight excluding hydrogens is 388 g/mol. The number of carbonyl (C=O) groups is 1. The van der Waals surface area contributed by atoms with Crippen LogP contribution in [0.5, 0.6) is 11.5 Å². The lowest BCUT2D eigenvalue weighted by molar-refractivity contribution is 0.0681. The van der Waals surface area contributed by atoms with E-state index in [1.54, 1.807) is 0 Å². The first-order valence-corrected chi connectivity index (χ1v) is 12.2. The van der Waals surface area contributed by atoms with Crippen LogP contribution in [0.1, 0.15) is 45.0 Å². The highest BCUT2D eigenvalue weighted by molar-refractivity contribution is 7.00. The van der Waals surface area contributed by atoms with E-state index in [1.807, 2.05) is 44.2 Å². The lowest BCUT2D eigenvalue weighted by Crippen LogP contribution is -2.68. The molecule has 0 N–H and O–H groups in total. The zero-order valence-electron chi connectivity index (χ0n) is 18.2. The maximum absolute atomic E-state index is 12.8. The van der Waals surface area contributed by atoms with Gasteiger partial charge in [-0.2, -0.15) is 0 Å². The molecule has 30 heavy (non-hydrogen) atoms. The molecule has 0 saturated heterocycles. The molecule has 0 aliphatic carbocycles. The van der Waals surface area contributed by atoms with E-state index in [2.05, 4.69) is 69.3 Å². The van der Waals surface area contributed by atoms with E-state index in [0.717, 1.165) is 0 Å². The number of hydrogen-bond acceptors (Lipinski definition) is 3. The Hall–Kier alpha value is -2.85. The van der Waals surface area contributed by atoms with Crippen molar-refractivity contribution in [2.24, 2.45) is 0 Å². The minimum Gasteiger partial charge on any atom is -0.531 e. The first-order chi connectivity index (χ1) is 14.2. The van der Waals surface area contributed by atoms with E-state index in [1.165, 1.54) is 10.4 Å². The Morgan fingerprint density at radius 1 is 0.800 bits per heavy atom. The highest BCUT2D eigenvalue weighted by Crippen LogP contribution is 2.45. The molecule has 0 unspecified atom stereocenters. The summed E-state index contributed by atoms with van der Waals surface area (Å²) in [5.74, 6) is 1.19. The molecule has 4 rings (SSSR count). The first kappa shape index (κ1) is 20.4. The molecule has 0 spiro atoms. The van der Waals surface area contributed by atoms with Gasteiger partial charge in [-0.15, -0.1) is 0 Å². The third-order valence-electron chi connectivity index (χ3n) is 5.81. The van der Waals surface area contributed by atoms with Gasteiger partial charge in [0.15, 0.2) is 11.4 Å². The van der Waals surface area contributed by atoms with E-state index in [4.69, 9.17) is 9.16 Å². The molecule has 154 valence electrons. The van der Waals surface area contributed by atoms with Gasteiger partial charge in [0, 0.05) is 0 Å². The topological polar surface area (TPSA) is 35.5 Å². The first-order valence-electron chi connectivity index (χ1n) is 10.3. The molecule has 0 amide bonds. The molecular formula is C26H28O3Si. The van der Waals surface area contributed by atoms with Crippen LogP contribution in [0.3, 0.4) is 0 Å². The lowest BCUT2D eigenvalue weighted by atomic mass is 10.00. The monoisotopic (exact) mass is 416 g/mol. The van der Waals surface area contributed by atoms with Gasteiger partial charge in [-0.25, -0.2) is 0 Å². The van der Waals surface area contributed by atoms with Gasteiger partial charge in [0.2, 0.25) is 5.78 Å². The quantitative estimate of drug-likeness (QED) is 0.563. The zero-order valence-corrected chi connectivity index (χ0v) is 19.2. The van der Waals surface area contributed by atoms with Crippen LogP contribution in [-0.2, 0) is 0 Å². The number of hydrogen-bond donors (Lipinski definition) is 0. The summed E-state index contributed by atoms with van der Waals surface area (Å²) < 4.78 is 13.2. The third-order valence-corrected chi connectivity index (χ3v) is 10.7. The maximum Gasteiger partial charge on any atom is 0.320 e. The second-order valence-electron chi connectivity index (χ2n) is 9.34. The summed E-state index contributed by atoms with van der Waals surface area (Å²) in [5.41, 5.74) is -0.289. The zero-order chi connectivity index (χ0) is 21.6. The van der Waals surface area contributed by atoms with Crippen LogP contribution in [0.15, 0.2) is 78.9 Å². The predicted octanol–water partition coefficient (Wildman–Crippen LogP) is 4.98. The normalized spacial score (nSPS) is 15.4. The average molecular weight is 417 g/mol. The highest BCUT2D eigenvalue weighted by atomic mass is 28.4. The number of ether oxygens (including phenoxy) is 1. The Bertz CT molecular complexity index is 1030. The van der Waals surface area contributed by atoms with Crippen molar-refractivity contribution in [2.45, 2.75) is 45.3 Å². The van der Waals surface area contributed by atoms with Gasteiger partial charge in [-0.3, -0.25) is 4.79 Å². The van der Waals surface area contributed by atoms with E-state index >= 15 is 0 Å². The van der Waals surface area contributed by atoms with Crippen molar-refractivity contribution >= 4 is 24.5 Å². The molecule has 0 bridgehead atoms. The van der Waals surface area contributed by atoms with Gasteiger partial charge in [0.05, 0.1) is 5.56 Å². The summed E-state index contributed by atoms with van der Waals surface area (Å²) >= 11 is 0. The van der Waals surface area contributed by atoms with Gasteiger partial charge in [-0.05, 0) is 41.4 Å². The summed E-state index contributed by atoms with van der Waals surface area (Å²) in [5, 5.41) is 2.20. The molecule has 1 aliphatic heterocycles. The Morgan fingerprint density at radius 3 is 1.83 bits per heavy atom. The van der Waals surface area contributed by atoms with Crippen LogP contribution in [0, 0.1) is 0 Å². The van der Waals surface area contributed by atoms with Gasteiger partial charge >= 0.3 is 8.32 Å². The van der Waals surface area contributed by atoms with Crippen molar-refractivity contribution in [3.05, 3.63) is 84.4 Å². The Kier molecular flexibility index (Phi) is 4.86. The van der Waals surface area contributed by atoms with Crippen LogP contribution in [0.4, 0.5) is 0 Å². The third kappa shape index (κ3) is 3.16. The number of rotatable bonds is 4. The number of para-hydroxylation sites is 1. The van der Waals surface area contributed by atoms with Crippen LogP contribution in [0.25, 0.3) is 0 Å². The molecule has 0 fully saturated rings. The average Bonchev–Trinajstić information content (AvgIpc) is 2.96. The summed E-state index contributed by atoms with van der Waals surface area (Å²) in [6.07, 6.45) is 0. The highest BCUT2D eigenvalue weighted by Gasteiger charge is 2.53. The SMILES string of the molecule is CC1(C)Oc2c(O[Si](c3ccccc3)(c3ccccc3)C(C)(C)C)cccc2C1=O. The van der Waals surface area contributed by atoms with Gasteiger partial charge in [-0.1, -0.05) is 87.5 Å². The van der Waals surface area contributed by atoms with Crippen molar-refractivity contribution in [3.8, 4) is 11.5 Å². The van der Waals surface area contributed by atoms with Gasteiger partial charge in [0.25, 0.3) is 0 Å². The smallest absolute Gasteiger partial charge is 0.320 e. The Labute approximate surface area is 179 Å². The maximum atomic E-state index is 12.8. The number of benzene rings is 3. The molecule has 0 atom stereocenters. The predicted molar refractivity (Wildman–Crippen MR) is 124 cm³/mol. The molecule has 4 heteroatoms. The summed E-state index contributed by atoms with van der Waals surface area (Å²) in [4.78, 5) is 12.8. The van der Waals surface area contributed by atoms with Gasteiger partial charge in [0.1, 0.15) is 5.75 Å². The number of Topliss-reactive ketones (excluding diaryl/α,β-unsaturated/α-hetero) is 1. The van der Waals surface area contributed by atoms with Crippen molar-refractivity contribution < 1.29 is 14.0 Å². The van der Waals surface area contributed by atoms with Crippen LogP contribution >= 0.6 is 0 Å². The van der Waals surface area contributed by atoms with Crippen LogP contribution in [0.2, 0.25) is 5.04 Å². The molecule has 3 aromatic rings. The van der Waals surface area contributed by atoms with E-state index in [-0.39, 0.29) is 10.8 Å². The molecule has 3 aromatic carbocycles. The molecule has 0 radical (unpaired) electrons. The van der Waals surface area contributed by atoms with Crippen LogP contribution < -0.4 is 19.5 Å². The minimum atomic E-state index is -2.79. The molecule has 1 heterocycles. The van der Waals surface area contributed by atoms with Crippen molar-refractivity contribution in [1.82, 2.24) is 0 Å². The second kappa shape index (κ2) is 7.13. The van der Waals surface area contributed by atoms with Gasteiger partial charge < -0.3 is 9.16 Å².